The Morgan fingerprint density at radius 3 is 2.46 bits per heavy atom. The highest BCUT2D eigenvalue weighted by Crippen LogP contribution is 2.16. The van der Waals surface area contributed by atoms with Crippen molar-refractivity contribution in [2.24, 2.45) is 0 Å². The van der Waals surface area contributed by atoms with Crippen LogP contribution in [0.2, 0.25) is 0 Å². The normalized spacial score (nSPS) is 10.6. The zero-order valence-corrected chi connectivity index (χ0v) is 14.0. The van der Waals surface area contributed by atoms with E-state index in [9.17, 15) is 4.79 Å². The fraction of sp³-hybridized carbons (Fsp3) is 0.200. The topological polar surface area (TPSA) is 46.9 Å². The molecule has 0 saturated heterocycles. The van der Waals surface area contributed by atoms with Crippen LogP contribution in [0.15, 0.2) is 60.8 Å². The first-order valence-corrected chi connectivity index (χ1v) is 8.15. The second kappa shape index (κ2) is 7.13. The Kier molecular flexibility index (Phi) is 4.75. The minimum Gasteiger partial charge on any atom is -0.348 e. The average molecular weight is 319 g/mol. The van der Waals surface area contributed by atoms with Gasteiger partial charge < -0.3 is 5.32 Å². The molecule has 0 fully saturated rings. The van der Waals surface area contributed by atoms with Crippen LogP contribution < -0.4 is 5.32 Å². The second-order valence-electron chi connectivity index (χ2n) is 5.77. The van der Waals surface area contributed by atoms with E-state index in [0.717, 1.165) is 23.4 Å². The Hall–Kier alpha value is -2.88. The van der Waals surface area contributed by atoms with Crippen LogP contribution in [0.4, 0.5) is 0 Å². The second-order valence-corrected chi connectivity index (χ2v) is 5.77. The molecule has 2 aromatic carbocycles. The molecular weight excluding hydrogens is 298 g/mol. The lowest BCUT2D eigenvalue weighted by Crippen LogP contribution is -2.23. The van der Waals surface area contributed by atoms with Gasteiger partial charge in [0.1, 0.15) is 0 Å². The molecule has 3 rings (SSSR count). The molecule has 4 nitrogen and oxygen atoms in total. The van der Waals surface area contributed by atoms with Gasteiger partial charge in [-0.05, 0) is 31.0 Å². The predicted molar refractivity (Wildman–Crippen MR) is 95.3 cm³/mol. The number of aromatic nitrogens is 2. The first-order valence-electron chi connectivity index (χ1n) is 8.15. The molecule has 0 aliphatic carbocycles. The van der Waals surface area contributed by atoms with E-state index in [1.54, 1.807) is 6.20 Å². The quantitative estimate of drug-likeness (QED) is 0.780. The summed E-state index contributed by atoms with van der Waals surface area (Å²) in [6.45, 7) is 4.60. The van der Waals surface area contributed by atoms with Crippen molar-refractivity contribution in [2.75, 3.05) is 0 Å². The highest BCUT2D eigenvalue weighted by atomic mass is 16.1. The molecule has 3 aromatic rings. The summed E-state index contributed by atoms with van der Waals surface area (Å²) < 4.78 is 1.83. The number of amides is 1. The molecule has 4 heteroatoms. The Balaban J connectivity index is 1.78. The zero-order valence-electron chi connectivity index (χ0n) is 14.0. The molecule has 0 aliphatic rings. The summed E-state index contributed by atoms with van der Waals surface area (Å²) >= 11 is 0. The van der Waals surface area contributed by atoms with Gasteiger partial charge in [-0.1, -0.05) is 55.0 Å². The third-order valence-corrected chi connectivity index (χ3v) is 4.02. The fourth-order valence-corrected chi connectivity index (χ4v) is 2.68. The molecule has 0 unspecified atom stereocenters. The molecule has 0 atom stereocenters. The Labute approximate surface area is 142 Å². The number of aryl methyl sites for hydroxylation is 1. The van der Waals surface area contributed by atoms with Crippen LogP contribution in [0.25, 0.3) is 5.69 Å². The maximum absolute atomic E-state index is 12.5. The molecule has 0 spiro atoms. The summed E-state index contributed by atoms with van der Waals surface area (Å²) in [6, 6.07) is 18.0. The molecular formula is C20H21N3O. The third-order valence-electron chi connectivity index (χ3n) is 4.02. The molecule has 1 aromatic heterocycles. The first kappa shape index (κ1) is 16.0. The van der Waals surface area contributed by atoms with Crippen LogP contribution in [0.1, 0.15) is 34.1 Å². The smallest absolute Gasteiger partial charge is 0.255 e. The van der Waals surface area contributed by atoms with Crippen LogP contribution in [-0.4, -0.2) is 15.7 Å². The van der Waals surface area contributed by atoms with Crippen LogP contribution in [0.3, 0.4) is 0 Å². The minimum absolute atomic E-state index is 0.0883. The summed E-state index contributed by atoms with van der Waals surface area (Å²) in [5, 5.41) is 7.38. The van der Waals surface area contributed by atoms with Gasteiger partial charge in [0, 0.05) is 6.54 Å². The maximum atomic E-state index is 12.5. The van der Waals surface area contributed by atoms with Gasteiger partial charge in [0.15, 0.2) is 0 Å². The van der Waals surface area contributed by atoms with Crippen LogP contribution >= 0.6 is 0 Å². The van der Waals surface area contributed by atoms with Crippen molar-refractivity contribution in [3.63, 3.8) is 0 Å². The van der Waals surface area contributed by atoms with Crippen molar-refractivity contribution in [3.8, 4) is 5.69 Å². The van der Waals surface area contributed by atoms with Crippen molar-refractivity contribution < 1.29 is 4.79 Å². The first-order chi connectivity index (χ1) is 11.7. The van der Waals surface area contributed by atoms with E-state index in [4.69, 9.17) is 0 Å². The molecule has 0 saturated carbocycles. The number of hydrogen-bond acceptors (Lipinski definition) is 2. The number of hydrogen-bond donors (Lipinski definition) is 1. The van der Waals surface area contributed by atoms with Gasteiger partial charge in [-0.2, -0.15) is 5.10 Å². The van der Waals surface area contributed by atoms with Gasteiger partial charge in [0.05, 0.1) is 23.1 Å². The van der Waals surface area contributed by atoms with E-state index < -0.39 is 0 Å². The summed E-state index contributed by atoms with van der Waals surface area (Å²) in [6.07, 6.45) is 2.39. The lowest BCUT2D eigenvalue weighted by atomic mass is 10.1. The van der Waals surface area contributed by atoms with Crippen molar-refractivity contribution in [3.05, 3.63) is 83.2 Å². The Morgan fingerprint density at radius 2 is 1.79 bits per heavy atom. The molecule has 1 heterocycles. The highest BCUT2D eigenvalue weighted by Gasteiger charge is 2.16. The monoisotopic (exact) mass is 319 g/mol. The lowest BCUT2D eigenvalue weighted by Gasteiger charge is -2.09. The number of para-hydroxylation sites is 1. The largest absolute Gasteiger partial charge is 0.348 e. The van der Waals surface area contributed by atoms with E-state index >= 15 is 0 Å². The lowest BCUT2D eigenvalue weighted by molar-refractivity contribution is 0.0950. The van der Waals surface area contributed by atoms with Gasteiger partial charge in [-0.3, -0.25) is 4.79 Å². The fourth-order valence-electron chi connectivity index (χ4n) is 2.68. The summed E-state index contributed by atoms with van der Waals surface area (Å²) in [5.41, 5.74) is 4.81. The van der Waals surface area contributed by atoms with Crippen molar-refractivity contribution >= 4 is 5.91 Å². The van der Waals surface area contributed by atoms with Crippen LogP contribution in [0.5, 0.6) is 0 Å². The van der Waals surface area contributed by atoms with Gasteiger partial charge in [-0.15, -0.1) is 0 Å². The number of carbonyl (C=O) groups excluding carboxylic acids is 1. The van der Waals surface area contributed by atoms with E-state index in [1.807, 2.05) is 73.1 Å². The minimum atomic E-state index is -0.0883. The maximum Gasteiger partial charge on any atom is 0.255 e. The Morgan fingerprint density at radius 1 is 1.08 bits per heavy atom. The number of rotatable bonds is 5. The van der Waals surface area contributed by atoms with Crippen LogP contribution in [-0.2, 0) is 13.0 Å². The van der Waals surface area contributed by atoms with E-state index in [-0.39, 0.29) is 5.91 Å². The highest BCUT2D eigenvalue weighted by molar-refractivity contribution is 5.95. The average Bonchev–Trinajstić information content (AvgIpc) is 3.06. The third kappa shape index (κ3) is 3.38. The summed E-state index contributed by atoms with van der Waals surface area (Å²) in [5.74, 6) is -0.0883. The molecule has 0 bridgehead atoms. The van der Waals surface area contributed by atoms with Crippen molar-refractivity contribution in [1.29, 1.82) is 0 Å². The molecule has 24 heavy (non-hydrogen) atoms. The molecule has 1 amide bonds. The van der Waals surface area contributed by atoms with Gasteiger partial charge in [-0.25, -0.2) is 4.68 Å². The van der Waals surface area contributed by atoms with Crippen molar-refractivity contribution in [2.45, 2.75) is 26.8 Å². The molecule has 0 aliphatic heterocycles. The zero-order chi connectivity index (χ0) is 16.9. The number of carbonyl (C=O) groups is 1. The molecule has 122 valence electrons. The number of nitrogens with zero attached hydrogens (tertiary/aromatic N) is 2. The SMILES string of the molecule is CCc1c(C(=O)NCc2ccc(C)cc2)cnn1-c1ccccc1. The molecule has 1 N–H and O–H groups in total. The standard InChI is InChI=1S/C20H21N3O/c1-3-19-18(14-22-23(19)17-7-5-4-6-8-17)20(24)21-13-16-11-9-15(2)10-12-16/h4-12,14H,3,13H2,1-2H3,(H,21,24). The molecule has 0 radical (unpaired) electrons. The van der Waals surface area contributed by atoms with E-state index in [1.165, 1.54) is 5.56 Å². The Bertz CT molecular complexity index is 820. The summed E-state index contributed by atoms with van der Waals surface area (Å²) in [7, 11) is 0. The number of benzene rings is 2. The van der Waals surface area contributed by atoms with Crippen molar-refractivity contribution in [1.82, 2.24) is 15.1 Å². The van der Waals surface area contributed by atoms with E-state index in [0.29, 0.717) is 12.1 Å². The number of nitrogens with one attached hydrogen (secondary N) is 1. The van der Waals surface area contributed by atoms with E-state index in [2.05, 4.69) is 10.4 Å². The van der Waals surface area contributed by atoms with Gasteiger partial charge in [0.2, 0.25) is 0 Å². The van der Waals surface area contributed by atoms with Gasteiger partial charge in [0.25, 0.3) is 5.91 Å². The van der Waals surface area contributed by atoms with Gasteiger partial charge >= 0.3 is 0 Å². The predicted octanol–water partition coefficient (Wildman–Crippen LogP) is 3.67. The van der Waals surface area contributed by atoms with Crippen LogP contribution in [0, 0.1) is 6.92 Å². The summed E-state index contributed by atoms with van der Waals surface area (Å²) in [4.78, 5) is 12.5.